The van der Waals surface area contributed by atoms with Crippen molar-refractivity contribution in [2.24, 2.45) is 52.3 Å². The molecule has 5 heteroatoms. The smallest absolute Gasteiger partial charge is 0.314 e. The van der Waals surface area contributed by atoms with E-state index in [0.29, 0.717) is 41.4 Å². The standard InChI is InChI=1S/C29H52N2O3/c1-7-20-24-16-19(32)10-13-29(24,6)23-11-14-28(5)21(8-9-22(28)25(23)26(20)33)18(4)12-15-30-27(34)31-17(2)3/h17-26,32-33H,7-16H2,1-6H3,(H2,30,31,34)/t18-,19-,20-,21?,22+,23+,24?,25+,26-,28?,29?/m1/s1. The number of urea groups is 1. The third-order valence-electron chi connectivity index (χ3n) is 11.5. The quantitative estimate of drug-likeness (QED) is 0.417. The van der Waals surface area contributed by atoms with Gasteiger partial charge in [-0.2, -0.15) is 0 Å². The topological polar surface area (TPSA) is 81.6 Å². The van der Waals surface area contributed by atoms with E-state index in [9.17, 15) is 15.0 Å². The van der Waals surface area contributed by atoms with E-state index >= 15 is 0 Å². The van der Waals surface area contributed by atoms with Gasteiger partial charge in [-0.25, -0.2) is 4.79 Å². The van der Waals surface area contributed by atoms with E-state index in [1.54, 1.807) is 0 Å². The second kappa shape index (κ2) is 9.92. The SMILES string of the molecule is CC[C@@H]1C2C[C@H](O)CCC2(C)[C@H]2CCC3(C)C([C@H](C)CCNC(=O)NC(C)C)CC[C@H]3[C@@H]2[C@@H]1O. The Balaban J connectivity index is 1.48. The van der Waals surface area contributed by atoms with Gasteiger partial charge in [0.05, 0.1) is 12.2 Å². The molecule has 4 saturated carbocycles. The summed E-state index contributed by atoms with van der Waals surface area (Å²) in [5, 5.41) is 28.3. The zero-order chi connectivity index (χ0) is 24.8. The summed E-state index contributed by atoms with van der Waals surface area (Å²) in [7, 11) is 0. The summed E-state index contributed by atoms with van der Waals surface area (Å²) in [6.07, 6.45) is 9.56. The van der Waals surface area contributed by atoms with E-state index in [0.717, 1.165) is 38.6 Å². The molecule has 5 nitrogen and oxygen atoms in total. The van der Waals surface area contributed by atoms with E-state index in [-0.39, 0.29) is 35.1 Å². The highest BCUT2D eigenvalue weighted by atomic mass is 16.3. The lowest BCUT2D eigenvalue weighted by molar-refractivity contribution is -0.203. The molecule has 4 unspecified atom stereocenters. The van der Waals surface area contributed by atoms with Crippen LogP contribution in [0.3, 0.4) is 0 Å². The summed E-state index contributed by atoms with van der Waals surface area (Å²) in [6, 6.07) is 0.0967. The minimum atomic E-state index is -0.224. The number of hydrogen-bond donors (Lipinski definition) is 4. The van der Waals surface area contributed by atoms with E-state index in [4.69, 9.17) is 0 Å². The third kappa shape index (κ3) is 4.42. The fraction of sp³-hybridized carbons (Fsp3) is 0.966. The molecule has 0 radical (unpaired) electrons. The first kappa shape index (κ1) is 26.3. The number of carbonyl (C=O) groups excluding carboxylic acids is 1. The number of hydrogen-bond acceptors (Lipinski definition) is 3. The number of fused-ring (bicyclic) bond motifs is 5. The predicted octanol–water partition coefficient (Wildman–Crippen LogP) is 5.35. The molecule has 0 bridgehead atoms. The molecule has 196 valence electrons. The lowest BCUT2D eigenvalue weighted by Crippen LogP contribution is -2.62. The van der Waals surface area contributed by atoms with Gasteiger partial charge in [-0.3, -0.25) is 0 Å². The van der Waals surface area contributed by atoms with Crippen LogP contribution in [0.25, 0.3) is 0 Å². The van der Waals surface area contributed by atoms with Crippen molar-refractivity contribution in [3.8, 4) is 0 Å². The summed E-state index contributed by atoms with van der Waals surface area (Å²) in [6.45, 7) is 14.4. The van der Waals surface area contributed by atoms with Crippen LogP contribution in [0.1, 0.15) is 99.3 Å². The third-order valence-corrected chi connectivity index (χ3v) is 11.5. The molecule has 4 N–H and O–H groups in total. The van der Waals surface area contributed by atoms with Gasteiger partial charge in [0.1, 0.15) is 0 Å². The maximum absolute atomic E-state index is 12.0. The molecule has 0 spiro atoms. The van der Waals surface area contributed by atoms with E-state index < -0.39 is 0 Å². The zero-order valence-corrected chi connectivity index (χ0v) is 22.6. The number of aliphatic hydroxyl groups is 2. The Morgan fingerprint density at radius 1 is 0.971 bits per heavy atom. The fourth-order valence-electron chi connectivity index (χ4n) is 9.86. The molecule has 2 amide bonds. The van der Waals surface area contributed by atoms with Gasteiger partial charge in [-0.1, -0.05) is 34.1 Å². The minimum absolute atomic E-state index is 0.0606. The average molecular weight is 477 g/mol. The summed E-state index contributed by atoms with van der Waals surface area (Å²) < 4.78 is 0. The fourth-order valence-corrected chi connectivity index (χ4v) is 9.86. The Morgan fingerprint density at radius 3 is 2.32 bits per heavy atom. The largest absolute Gasteiger partial charge is 0.393 e. The van der Waals surface area contributed by atoms with Crippen LogP contribution in [0.4, 0.5) is 4.79 Å². The molecule has 4 aliphatic rings. The predicted molar refractivity (Wildman–Crippen MR) is 137 cm³/mol. The first-order valence-electron chi connectivity index (χ1n) is 14.4. The molecule has 0 saturated heterocycles. The molecule has 4 aliphatic carbocycles. The number of nitrogens with one attached hydrogen (secondary N) is 2. The summed E-state index contributed by atoms with van der Waals surface area (Å²) in [4.78, 5) is 12.0. The van der Waals surface area contributed by atoms with Crippen molar-refractivity contribution in [3.05, 3.63) is 0 Å². The van der Waals surface area contributed by atoms with Crippen molar-refractivity contribution >= 4 is 6.03 Å². The number of carbonyl (C=O) groups is 1. The minimum Gasteiger partial charge on any atom is -0.393 e. The molecule has 0 aromatic rings. The van der Waals surface area contributed by atoms with Gasteiger partial charge in [0.25, 0.3) is 0 Å². The first-order valence-corrected chi connectivity index (χ1v) is 14.4. The molecule has 0 aromatic carbocycles. The van der Waals surface area contributed by atoms with Crippen molar-refractivity contribution in [1.29, 1.82) is 0 Å². The number of amides is 2. The Morgan fingerprint density at radius 2 is 1.65 bits per heavy atom. The van der Waals surface area contributed by atoms with Crippen molar-refractivity contribution in [2.75, 3.05) is 6.54 Å². The van der Waals surface area contributed by atoms with Crippen LogP contribution >= 0.6 is 0 Å². The summed E-state index contributed by atoms with van der Waals surface area (Å²) >= 11 is 0. The molecule has 0 heterocycles. The Kier molecular flexibility index (Phi) is 7.66. The Hall–Kier alpha value is -0.810. The molecule has 0 aliphatic heterocycles. The first-order chi connectivity index (χ1) is 16.0. The maximum Gasteiger partial charge on any atom is 0.314 e. The normalized spacial score (nSPS) is 46.9. The zero-order valence-electron chi connectivity index (χ0n) is 22.6. The summed E-state index contributed by atoms with van der Waals surface area (Å²) in [5.74, 6) is 3.62. The van der Waals surface area contributed by atoms with Gasteiger partial charge in [0.15, 0.2) is 0 Å². The molecule has 4 fully saturated rings. The van der Waals surface area contributed by atoms with Crippen LogP contribution in [0.15, 0.2) is 0 Å². The van der Waals surface area contributed by atoms with Crippen molar-refractivity contribution in [3.63, 3.8) is 0 Å². The highest BCUT2D eigenvalue weighted by Crippen LogP contribution is 2.69. The van der Waals surface area contributed by atoms with Gasteiger partial charge in [0, 0.05) is 12.6 Å². The van der Waals surface area contributed by atoms with Crippen LogP contribution in [0.5, 0.6) is 0 Å². The summed E-state index contributed by atoms with van der Waals surface area (Å²) in [5.41, 5.74) is 0.556. The molecular weight excluding hydrogens is 424 g/mol. The van der Waals surface area contributed by atoms with Gasteiger partial charge in [-0.15, -0.1) is 0 Å². The second-order valence-corrected chi connectivity index (χ2v) is 13.4. The van der Waals surface area contributed by atoms with Crippen molar-refractivity contribution in [2.45, 2.75) is 118 Å². The molecule has 4 rings (SSSR count). The average Bonchev–Trinajstić information content (AvgIpc) is 3.12. The Bertz CT molecular complexity index is 728. The monoisotopic (exact) mass is 476 g/mol. The lowest BCUT2D eigenvalue weighted by atomic mass is 9.41. The van der Waals surface area contributed by atoms with Crippen LogP contribution in [-0.4, -0.2) is 41.0 Å². The van der Waals surface area contributed by atoms with Crippen molar-refractivity contribution < 1.29 is 15.0 Å². The Labute approximate surface area is 208 Å². The number of rotatable bonds is 6. The molecule has 11 atom stereocenters. The van der Waals surface area contributed by atoms with Crippen LogP contribution in [0.2, 0.25) is 0 Å². The van der Waals surface area contributed by atoms with Crippen LogP contribution in [0, 0.1) is 52.3 Å². The highest BCUT2D eigenvalue weighted by Gasteiger charge is 2.64. The van der Waals surface area contributed by atoms with Gasteiger partial charge < -0.3 is 20.8 Å². The van der Waals surface area contributed by atoms with Crippen LogP contribution < -0.4 is 10.6 Å². The van der Waals surface area contributed by atoms with E-state index in [1.807, 2.05) is 13.8 Å². The number of aliphatic hydroxyl groups excluding tert-OH is 2. The van der Waals surface area contributed by atoms with Gasteiger partial charge in [0.2, 0.25) is 0 Å². The van der Waals surface area contributed by atoms with Gasteiger partial charge >= 0.3 is 6.03 Å². The van der Waals surface area contributed by atoms with Gasteiger partial charge in [-0.05, 0) is 117 Å². The maximum atomic E-state index is 12.0. The van der Waals surface area contributed by atoms with E-state index in [2.05, 4.69) is 38.3 Å². The molecule has 0 aromatic heterocycles. The van der Waals surface area contributed by atoms with Crippen LogP contribution in [-0.2, 0) is 0 Å². The highest BCUT2D eigenvalue weighted by molar-refractivity contribution is 5.73. The lowest BCUT2D eigenvalue weighted by Gasteiger charge is -2.64. The van der Waals surface area contributed by atoms with Crippen molar-refractivity contribution in [1.82, 2.24) is 10.6 Å². The van der Waals surface area contributed by atoms with E-state index in [1.165, 1.54) is 25.7 Å². The second-order valence-electron chi connectivity index (χ2n) is 13.4. The molecular formula is C29H52N2O3. The molecule has 34 heavy (non-hydrogen) atoms.